The van der Waals surface area contributed by atoms with Crippen molar-refractivity contribution in [3.8, 4) is 0 Å². The molecule has 0 aliphatic heterocycles. The van der Waals surface area contributed by atoms with Gasteiger partial charge in [0.15, 0.2) is 11.4 Å². The van der Waals surface area contributed by atoms with Gasteiger partial charge in [-0.2, -0.15) is 5.10 Å². The molecule has 0 radical (unpaired) electrons. The zero-order chi connectivity index (χ0) is 12.5. The fraction of sp³-hybridized carbons (Fsp3) is 0.200. The molecule has 0 amide bonds. The number of nitrogens with zero attached hydrogens (tertiary/aromatic N) is 4. The van der Waals surface area contributed by atoms with Gasteiger partial charge in [-0.15, -0.1) is 0 Å². The van der Waals surface area contributed by atoms with Crippen LogP contribution in [0.15, 0.2) is 27.8 Å². The molecule has 3 rings (SSSR count). The van der Waals surface area contributed by atoms with Gasteiger partial charge in [0.05, 0.1) is 12.2 Å². The predicted octanol–water partition coefficient (Wildman–Crippen LogP) is 0.326. The fourth-order valence-electron chi connectivity index (χ4n) is 1.58. The second kappa shape index (κ2) is 3.99. The molecular weight excluding hydrogens is 236 g/mol. The average Bonchev–Trinajstić information content (AvgIpc) is 2.94. The van der Waals surface area contributed by atoms with E-state index in [-0.39, 0.29) is 5.69 Å². The Morgan fingerprint density at radius 1 is 1.50 bits per heavy atom. The standard InChI is InChI=1S/C10H10N6O2/c1-6-2-7(18-15-6)4-11-8-3-9-13-14-10(17)16(9)5-12-8/h2-3,5,11H,4H2,1H3,(H,14,17). The maximum Gasteiger partial charge on any atom is 0.348 e. The molecule has 3 heterocycles. The molecule has 0 saturated carbocycles. The van der Waals surface area contributed by atoms with Gasteiger partial charge >= 0.3 is 5.69 Å². The van der Waals surface area contributed by atoms with Gasteiger partial charge in [0.2, 0.25) is 0 Å². The normalized spacial score (nSPS) is 10.9. The Hall–Kier alpha value is -2.64. The summed E-state index contributed by atoms with van der Waals surface area (Å²) >= 11 is 0. The zero-order valence-electron chi connectivity index (χ0n) is 9.54. The maximum atomic E-state index is 11.2. The minimum absolute atomic E-state index is 0.310. The lowest BCUT2D eigenvalue weighted by Crippen LogP contribution is -2.10. The molecule has 8 heteroatoms. The summed E-state index contributed by atoms with van der Waals surface area (Å²) < 4.78 is 6.38. The molecule has 0 unspecified atom stereocenters. The van der Waals surface area contributed by atoms with Crippen molar-refractivity contribution in [1.82, 2.24) is 24.7 Å². The van der Waals surface area contributed by atoms with E-state index in [1.807, 2.05) is 13.0 Å². The molecular formula is C10H10N6O2. The van der Waals surface area contributed by atoms with Crippen molar-refractivity contribution in [3.63, 3.8) is 0 Å². The Labute approximate surface area is 101 Å². The lowest BCUT2D eigenvalue weighted by molar-refractivity contribution is 0.384. The van der Waals surface area contributed by atoms with E-state index in [1.54, 1.807) is 6.07 Å². The van der Waals surface area contributed by atoms with Crippen molar-refractivity contribution >= 4 is 11.5 Å². The number of aromatic nitrogens is 5. The Morgan fingerprint density at radius 2 is 2.39 bits per heavy atom. The number of hydrogen-bond donors (Lipinski definition) is 2. The highest BCUT2D eigenvalue weighted by atomic mass is 16.5. The number of rotatable bonds is 3. The van der Waals surface area contributed by atoms with E-state index >= 15 is 0 Å². The van der Waals surface area contributed by atoms with Crippen LogP contribution in [-0.2, 0) is 6.54 Å². The Balaban J connectivity index is 1.80. The first-order chi connectivity index (χ1) is 8.72. The van der Waals surface area contributed by atoms with Gasteiger partial charge in [-0.3, -0.25) is 0 Å². The number of H-pyrrole nitrogens is 1. The molecule has 2 N–H and O–H groups in total. The topological polar surface area (TPSA) is 101 Å². The van der Waals surface area contributed by atoms with E-state index < -0.39 is 0 Å². The summed E-state index contributed by atoms with van der Waals surface area (Å²) in [5.74, 6) is 1.32. The van der Waals surface area contributed by atoms with Crippen molar-refractivity contribution in [3.05, 3.63) is 40.4 Å². The van der Waals surface area contributed by atoms with Crippen LogP contribution >= 0.6 is 0 Å². The summed E-state index contributed by atoms with van der Waals surface area (Å²) in [6.07, 6.45) is 1.41. The molecule has 0 atom stereocenters. The molecule has 0 aliphatic carbocycles. The minimum Gasteiger partial charge on any atom is -0.363 e. The van der Waals surface area contributed by atoms with E-state index in [4.69, 9.17) is 4.52 Å². The lowest BCUT2D eigenvalue weighted by Gasteiger charge is -2.01. The van der Waals surface area contributed by atoms with Crippen LogP contribution in [0.25, 0.3) is 5.65 Å². The highest BCUT2D eigenvalue weighted by Gasteiger charge is 2.04. The second-order valence-electron chi connectivity index (χ2n) is 3.82. The van der Waals surface area contributed by atoms with E-state index in [1.165, 1.54) is 10.7 Å². The maximum absolute atomic E-state index is 11.2. The Morgan fingerprint density at radius 3 is 3.17 bits per heavy atom. The molecule has 0 bridgehead atoms. The average molecular weight is 246 g/mol. The van der Waals surface area contributed by atoms with Crippen molar-refractivity contribution in [2.24, 2.45) is 0 Å². The van der Waals surface area contributed by atoms with Crippen molar-refractivity contribution in [1.29, 1.82) is 0 Å². The lowest BCUT2D eigenvalue weighted by atomic mass is 10.4. The number of anilines is 1. The molecule has 3 aromatic heterocycles. The first kappa shape index (κ1) is 10.5. The third-order valence-corrected chi connectivity index (χ3v) is 2.43. The molecule has 18 heavy (non-hydrogen) atoms. The predicted molar refractivity (Wildman–Crippen MR) is 62.2 cm³/mol. The van der Waals surface area contributed by atoms with Crippen molar-refractivity contribution < 1.29 is 4.52 Å². The van der Waals surface area contributed by atoms with Crippen LogP contribution in [-0.4, -0.2) is 24.7 Å². The highest BCUT2D eigenvalue weighted by Crippen LogP contribution is 2.08. The SMILES string of the molecule is Cc1cc(CNc2cc3n[nH]c(=O)n3cn2)on1. The first-order valence-corrected chi connectivity index (χ1v) is 5.31. The fourth-order valence-corrected chi connectivity index (χ4v) is 1.58. The van der Waals surface area contributed by atoms with Gasteiger partial charge in [-0.1, -0.05) is 5.16 Å². The third kappa shape index (κ3) is 1.83. The van der Waals surface area contributed by atoms with E-state index in [9.17, 15) is 4.79 Å². The Kier molecular flexibility index (Phi) is 2.33. The third-order valence-electron chi connectivity index (χ3n) is 2.43. The van der Waals surface area contributed by atoms with Crippen LogP contribution in [0.4, 0.5) is 5.82 Å². The van der Waals surface area contributed by atoms with E-state index in [0.29, 0.717) is 23.8 Å². The van der Waals surface area contributed by atoms with Crippen LogP contribution in [0.2, 0.25) is 0 Å². The zero-order valence-corrected chi connectivity index (χ0v) is 9.54. The van der Waals surface area contributed by atoms with Crippen LogP contribution in [0.3, 0.4) is 0 Å². The van der Waals surface area contributed by atoms with Crippen LogP contribution < -0.4 is 11.0 Å². The molecule has 92 valence electrons. The van der Waals surface area contributed by atoms with Crippen molar-refractivity contribution in [2.75, 3.05) is 5.32 Å². The number of hydrogen-bond acceptors (Lipinski definition) is 6. The van der Waals surface area contributed by atoms with E-state index in [0.717, 1.165) is 5.69 Å². The van der Waals surface area contributed by atoms with Gasteiger partial charge in [0.25, 0.3) is 0 Å². The smallest absolute Gasteiger partial charge is 0.348 e. The van der Waals surface area contributed by atoms with Crippen molar-refractivity contribution in [2.45, 2.75) is 13.5 Å². The van der Waals surface area contributed by atoms with Crippen LogP contribution in [0.5, 0.6) is 0 Å². The summed E-state index contributed by atoms with van der Waals surface area (Å²) in [4.78, 5) is 15.3. The Bertz CT molecular complexity index is 740. The number of fused-ring (bicyclic) bond motifs is 1. The van der Waals surface area contributed by atoms with Gasteiger partial charge in [-0.05, 0) is 6.92 Å². The van der Waals surface area contributed by atoms with Gasteiger partial charge in [0.1, 0.15) is 12.1 Å². The summed E-state index contributed by atoms with van der Waals surface area (Å²) in [7, 11) is 0. The van der Waals surface area contributed by atoms with Gasteiger partial charge in [0, 0.05) is 12.1 Å². The van der Waals surface area contributed by atoms with Crippen LogP contribution in [0.1, 0.15) is 11.5 Å². The van der Waals surface area contributed by atoms with Gasteiger partial charge in [-0.25, -0.2) is 19.3 Å². The quantitative estimate of drug-likeness (QED) is 0.690. The molecule has 3 aromatic rings. The monoisotopic (exact) mass is 246 g/mol. The summed E-state index contributed by atoms with van der Waals surface area (Å²) in [6.45, 7) is 2.33. The molecule has 0 aromatic carbocycles. The number of aryl methyl sites for hydroxylation is 1. The van der Waals surface area contributed by atoms with E-state index in [2.05, 4.69) is 25.7 Å². The second-order valence-corrected chi connectivity index (χ2v) is 3.82. The first-order valence-electron chi connectivity index (χ1n) is 5.31. The molecule has 0 spiro atoms. The summed E-state index contributed by atoms with van der Waals surface area (Å²) in [5.41, 5.74) is 1.02. The minimum atomic E-state index is -0.310. The molecule has 0 aliphatic rings. The number of aromatic amines is 1. The van der Waals surface area contributed by atoms with Crippen LogP contribution in [0, 0.1) is 6.92 Å². The number of nitrogens with one attached hydrogen (secondary N) is 2. The highest BCUT2D eigenvalue weighted by molar-refractivity contribution is 5.48. The largest absolute Gasteiger partial charge is 0.363 e. The van der Waals surface area contributed by atoms with Gasteiger partial charge < -0.3 is 9.84 Å². The summed E-state index contributed by atoms with van der Waals surface area (Å²) in [6, 6.07) is 3.51. The molecule has 0 fully saturated rings. The molecule has 0 saturated heterocycles. The summed E-state index contributed by atoms with van der Waals surface area (Å²) in [5, 5.41) is 13.0. The molecule has 8 nitrogen and oxygen atoms in total.